The van der Waals surface area contributed by atoms with Gasteiger partial charge in [0, 0.05) is 25.6 Å². The van der Waals surface area contributed by atoms with E-state index < -0.39 is 47.1 Å². The molecule has 0 aliphatic rings. The molecule has 15 heteroatoms. The number of para-hydroxylation sites is 1. The summed E-state index contributed by atoms with van der Waals surface area (Å²) >= 11 is 0. The number of hydrogen-bond donors (Lipinski definition) is 1. The number of halogens is 3. The summed E-state index contributed by atoms with van der Waals surface area (Å²) in [5, 5.41) is 9.38. The maximum absolute atomic E-state index is 13.2. The van der Waals surface area contributed by atoms with Gasteiger partial charge < -0.3 is 19.0 Å². The smallest absolute Gasteiger partial charge is 0.429 e. The third-order valence-electron chi connectivity index (χ3n) is 6.41. The number of carbonyl (C=O) groups excluding carboxylic acids is 1. The molecule has 0 saturated heterocycles. The molecule has 4 rings (SSSR count). The van der Waals surface area contributed by atoms with Gasteiger partial charge in [-0.1, -0.05) is 30.3 Å². The van der Waals surface area contributed by atoms with Crippen LogP contribution in [0.2, 0.25) is 0 Å². The fourth-order valence-electron chi connectivity index (χ4n) is 4.08. The molecule has 0 atom stereocenters. The summed E-state index contributed by atoms with van der Waals surface area (Å²) in [6, 6.07) is 18.5. The Morgan fingerprint density at radius 1 is 0.978 bits per heavy atom. The van der Waals surface area contributed by atoms with Gasteiger partial charge in [0.05, 0.1) is 17.9 Å². The van der Waals surface area contributed by atoms with E-state index in [4.69, 9.17) is 13.9 Å². The molecule has 1 aromatic heterocycles. The van der Waals surface area contributed by atoms with Gasteiger partial charge in [-0.3, -0.25) is 4.79 Å². The highest BCUT2D eigenvalue weighted by Gasteiger charge is 2.34. The van der Waals surface area contributed by atoms with Crippen molar-refractivity contribution in [2.24, 2.45) is 0 Å². The lowest BCUT2D eigenvalue weighted by atomic mass is 10.1. The van der Waals surface area contributed by atoms with E-state index in [9.17, 15) is 36.3 Å². The Balaban J connectivity index is 1.40. The first-order valence-corrected chi connectivity index (χ1v) is 14.7. The summed E-state index contributed by atoms with van der Waals surface area (Å²) in [5.74, 6) is -0.353. The summed E-state index contributed by atoms with van der Waals surface area (Å²) in [7, 11) is -3.66. The van der Waals surface area contributed by atoms with Gasteiger partial charge in [-0.15, -0.1) is 0 Å². The van der Waals surface area contributed by atoms with Crippen LogP contribution >= 0.6 is 0 Å². The molecule has 0 saturated carbocycles. The number of oxazole rings is 1. The maximum Gasteiger partial charge on any atom is 0.429 e. The summed E-state index contributed by atoms with van der Waals surface area (Å²) < 4.78 is 82.4. The van der Waals surface area contributed by atoms with Crippen molar-refractivity contribution < 1.29 is 50.2 Å². The highest BCUT2D eigenvalue weighted by molar-refractivity contribution is 7.87. The molecular weight excluding hydrogens is 619 g/mol. The first-order valence-electron chi connectivity index (χ1n) is 13.3. The van der Waals surface area contributed by atoms with Crippen LogP contribution in [0.3, 0.4) is 0 Å². The van der Waals surface area contributed by atoms with Crippen molar-refractivity contribution in [2.45, 2.75) is 26.1 Å². The second-order valence-corrected chi connectivity index (χ2v) is 11.6. The van der Waals surface area contributed by atoms with E-state index in [0.29, 0.717) is 36.9 Å². The maximum atomic E-state index is 13.2. The van der Waals surface area contributed by atoms with Crippen LogP contribution in [-0.4, -0.2) is 59.4 Å². The Bertz CT molecular complexity index is 1740. The SMILES string of the molecule is Cc1oc(-c2ccc(C(F)(F)F)cc2)nc1CCOc1cccc(CN(CC(=O)O)S(=O)(=O)N(C)C(=O)Oc2ccccc2)c1. The van der Waals surface area contributed by atoms with Crippen molar-refractivity contribution in [3.8, 4) is 23.0 Å². The van der Waals surface area contributed by atoms with E-state index in [0.717, 1.165) is 19.2 Å². The van der Waals surface area contributed by atoms with Crippen LogP contribution in [-0.2, 0) is 34.1 Å². The summed E-state index contributed by atoms with van der Waals surface area (Å²) in [4.78, 5) is 28.4. The van der Waals surface area contributed by atoms with Crippen molar-refractivity contribution in [2.75, 3.05) is 20.2 Å². The quantitative estimate of drug-likeness (QED) is 0.210. The van der Waals surface area contributed by atoms with Gasteiger partial charge in [0.25, 0.3) is 0 Å². The van der Waals surface area contributed by atoms with Crippen LogP contribution in [0.4, 0.5) is 18.0 Å². The van der Waals surface area contributed by atoms with Gasteiger partial charge in [0.15, 0.2) is 0 Å². The van der Waals surface area contributed by atoms with Crippen LogP contribution in [0, 0.1) is 6.92 Å². The Morgan fingerprint density at radius 3 is 2.29 bits per heavy atom. The van der Waals surface area contributed by atoms with Crippen LogP contribution < -0.4 is 9.47 Å². The lowest BCUT2D eigenvalue weighted by molar-refractivity contribution is -0.138. The van der Waals surface area contributed by atoms with Crippen LogP contribution in [0.1, 0.15) is 22.6 Å². The number of carboxylic acid groups (broad SMARTS) is 1. The first kappa shape index (κ1) is 33.0. The number of aliphatic carboxylic acids is 1. The number of benzene rings is 3. The molecule has 1 N–H and O–H groups in total. The summed E-state index contributed by atoms with van der Waals surface area (Å²) in [6.45, 7) is 0.464. The zero-order valence-electron chi connectivity index (χ0n) is 24.0. The fourth-order valence-corrected chi connectivity index (χ4v) is 5.24. The van der Waals surface area contributed by atoms with E-state index in [-0.39, 0.29) is 24.7 Å². The Kier molecular flexibility index (Phi) is 10.1. The molecule has 0 bridgehead atoms. The number of rotatable bonds is 12. The zero-order chi connectivity index (χ0) is 32.8. The number of aryl methyl sites for hydroxylation is 1. The molecule has 1 amide bonds. The molecule has 0 radical (unpaired) electrons. The highest BCUT2D eigenvalue weighted by Crippen LogP contribution is 2.31. The van der Waals surface area contributed by atoms with E-state index >= 15 is 0 Å². The van der Waals surface area contributed by atoms with Crippen molar-refractivity contribution in [3.63, 3.8) is 0 Å². The Morgan fingerprint density at radius 2 is 1.64 bits per heavy atom. The minimum absolute atomic E-state index is 0.107. The number of carboxylic acids is 1. The molecule has 11 nitrogen and oxygen atoms in total. The fraction of sp³-hybridized carbons (Fsp3) is 0.233. The van der Waals surface area contributed by atoms with Crippen molar-refractivity contribution in [3.05, 3.63) is 101 Å². The topological polar surface area (TPSA) is 139 Å². The van der Waals surface area contributed by atoms with Gasteiger partial charge in [-0.25, -0.2) is 9.78 Å². The third-order valence-corrected chi connectivity index (χ3v) is 8.16. The molecule has 0 spiro atoms. The van der Waals surface area contributed by atoms with Gasteiger partial charge in [-0.05, 0) is 61.0 Å². The van der Waals surface area contributed by atoms with Gasteiger partial charge in [-0.2, -0.15) is 30.2 Å². The second-order valence-electron chi connectivity index (χ2n) is 9.66. The molecule has 238 valence electrons. The lowest BCUT2D eigenvalue weighted by Crippen LogP contribution is -2.47. The molecule has 1 heterocycles. The molecule has 4 aromatic rings. The van der Waals surface area contributed by atoms with Gasteiger partial charge >= 0.3 is 28.4 Å². The third kappa shape index (κ3) is 8.61. The predicted octanol–water partition coefficient (Wildman–Crippen LogP) is 5.55. The van der Waals surface area contributed by atoms with Crippen molar-refractivity contribution in [1.29, 1.82) is 0 Å². The van der Waals surface area contributed by atoms with E-state index in [1.54, 1.807) is 43.3 Å². The minimum Gasteiger partial charge on any atom is -0.493 e. The number of hydrogen-bond acceptors (Lipinski definition) is 8. The number of nitrogens with zero attached hydrogens (tertiary/aromatic N) is 3. The number of carbonyl (C=O) groups is 2. The van der Waals surface area contributed by atoms with Gasteiger partial charge in [0.1, 0.15) is 23.8 Å². The predicted molar refractivity (Wildman–Crippen MR) is 155 cm³/mol. The molecule has 0 aliphatic carbocycles. The summed E-state index contributed by atoms with van der Waals surface area (Å²) in [6.07, 6.45) is -5.40. The molecule has 3 aromatic carbocycles. The highest BCUT2D eigenvalue weighted by atomic mass is 32.2. The largest absolute Gasteiger partial charge is 0.493 e. The number of alkyl halides is 3. The molecule has 45 heavy (non-hydrogen) atoms. The second kappa shape index (κ2) is 13.8. The molecule has 0 aliphatic heterocycles. The van der Waals surface area contributed by atoms with Crippen molar-refractivity contribution in [1.82, 2.24) is 13.6 Å². The number of aromatic nitrogens is 1. The standard InChI is InChI=1S/C30H28F3N3O8S/c1-20-26(34-28(43-20)22-11-13-23(14-12-22)30(31,32)33)15-16-42-25-10-6-7-21(17-25)18-36(19-27(37)38)45(40,41)35(2)29(39)44-24-8-4-3-5-9-24/h3-14,17H,15-16,18-19H2,1-2H3,(H,37,38). The van der Waals surface area contributed by atoms with Crippen LogP contribution in [0.5, 0.6) is 11.5 Å². The van der Waals surface area contributed by atoms with Crippen molar-refractivity contribution >= 4 is 22.3 Å². The van der Waals surface area contributed by atoms with Crippen LogP contribution in [0.25, 0.3) is 11.5 Å². The van der Waals surface area contributed by atoms with Crippen LogP contribution in [0.15, 0.2) is 83.3 Å². The first-order chi connectivity index (χ1) is 21.2. The Labute approximate surface area is 256 Å². The number of ether oxygens (including phenoxy) is 2. The Hall–Kier alpha value is -4.89. The normalized spacial score (nSPS) is 11.8. The van der Waals surface area contributed by atoms with E-state index in [2.05, 4.69) is 4.98 Å². The monoisotopic (exact) mass is 647 g/mol. The minimum atomic E-state index is -4.62. The molecule has 0 fully saturated rings. The molecule has 0 unspecified atom stereocenters. The zero-order valence-corrected chi connectivity index (χ0v) is 24.8. The molecular formula is C30H28F3N3O8S. The van der Waals surface area contributed by atoms with Gasteiger partial charge in [0.2, 0.25) is 5.89 Å². The number of amides is 1. The summed E-state index contributed by atoms with van der Waals surface area (Å²) in [5.41, 5.74) is 0.507. The lowest BCUT2D eigenvalue weighted by Gasteiger charge is -2.26. The van der Waals surface area contributed by atoms with E-state index in [1.807, 2.05) is 0 Å². The van der Waals surface area contributed by atoms with E-state index in [1.165, 1.54) is 30.3 Å². The average Bonchev–Trinajstić information content (AvgIpc) is 3.36. The average molecular weight is 648 g/mol.